The number of aliphatic hydroxyl groups excluding tert-OH is 1. The zero-order valence-corrected chi connectivity index (χ0v) is 11.3. The third-order valence-corrected chi connectivity index (χ3v) is 4.34. The molecule has 0 bridgehead atoms. The van der Waals surface area contributed by atoms with Crippen molar-refractivity contribution in [2.24, 2.45) is 11.8 Å². The lowest BCUT2D eigenvalue weighted by Gasteiger charge is -2.38. The van der Waals surface area contributed by atoms with Crippen LogP contribution in [0.3, 0.4) is 0 Å². The average Bonchev–Trinajstić information content (AvgIpc) is 2.59. The largest absolute Gasteiger partial charge is 0.393 e. The van der Waals surface area contributed by atoms with E-state index in [-0.39, 0.29) is 6.10 Å². The fourth-order valence-corrected chi connectivity index (χ4v) is 3.10. The molecule has 1 N–H and O–H groups in total. The van der Waals surface area contributed by atoms with Crippen LogP contribution in [0.25, 0.3) is 0 Å². The molecular formula is C14H24N2O. The van der Waals surface area contributed by atoms with E-state index in [1.54, 1.807) is 0 Å². The van der Waals surface area contributed by atoms with Gasteiger partial charge in [0.25, 0.3) is 0 Å². The summed E-state index contributed by atoms with van der Waals surface area (Å²) in [6, 6.07) is 0.417. The first-order valence-corrected chi connectivity index (χ1v) is 6.68. The Labute approximate surface area is 104 Å². The zero-order chi connectivity index (χ0) is 12.6. The lowest BCUT2D eigenvalue weighted by Crippen LogP contribution is -2.33. The molecule has 0 aromatic carbocycles. The first kappa shape index (κ1) is 12.6. The predicted octanol–water partition coefficient (Wildman–Crippen LogP) is 2.86. The maximum absolute atomic E-state index is 9.90. The Morgan fingerprint density at radius 2 is 2.06 bits per heavy atom. The second-order valence-electron chi connectivity index (χ2n) is 5.76. The topological polar surface area (TPSA) is 38.0 Å². The normalized spacial score (nSPS) is 29.9. The zero-order valence-electron chi connectivity index (χ0n) is 11.3. The van der Waals surface area contributed by atoms with Crippen molar-refractivity contribution in [3.8, 4) is 0 Å². The van der Waals surface area contributed by atoms with Crippen LogP contribution in [0.2, 0.25) is 0 Å². The molecule has 17 heavy (non-hydrogen) atoms. The number of aromatic nitrogens is 2. The van der Waals surface area contributed by atoms with E-state index in [0.717, 1.165) is 25.0 Å². The summed E-state index contributed by atoms with van der Waals surface area (Å²) in [5.41, 5.74) is 2.35. The summed E-state index contributed by atoms with van der Waals surface area (Å²) in [4.78, 5) is 4.39. The minimum Gasteiger partial charge on any atom is -0.393 e. The van der Waals surface area contributed by atoms with Gasteiger partial charge in [-0.2, -0.15) is 0 Å². The SMILES string of the molecule is Cc1ncn(C2CC(O)CCC2C(C)C)c1C. The molecule has 0 aliphatic heterocycles. The van der Waals surface area contributed by atoms with Gasteiger partial charge in [0.05, 0.1) is 18.1 Å². The van der Waals surface area contributed by atoms with Gasteiger partial charge in [0.2, 0.25) is 0 Å². The first-order chi connectivity index (χ1) is 8.00. The number of aryl methyl sites for hydroxylation is 1. The third kappa shape index (κ3) is 2.39. The molecule has 3 heteroatoms. The second kappa shape index (κ2) is 4.81. The minimum absolute atomic E-state index is 0.142. The van der Waals surface area contributed by atoms with Crippen molar-refractivity contribution in [2.45, 2.75) is 59.1 Å². The molecule has 1 aliphatic carbocycles. The van der Waals surface area contributed by atoms with Crippen molar-refractivity contribution in [1.82, 2.24) is 9.55 Å². The van der Waals surface area contributed by atoms with E-state index in [1.807, 2.05) is 6.33 Å². The van der Waals surface area contributed by atoms with Crippen molar-refractivity contribution < 1.29 is 5.11 Å². The van der Waals surface area contributed by atoms with Gasteiger partial charge in [-0.05, 0) is 44.9 Å². The van der Waals surface area contributed by atoms with Crippen LogP contribution in [-0.2, 0) is 0 Å². The smallest absolute Gasteiger partial charge is 0.0954 e. The van der Waals surface area contributed by atoms with Gasteiger partial charge in [-0.25, -0.2) is 4.98 Å². The van der Waals surface area contributed by atoms with Crippen LogP contribution in [0.4, 0.5) is 0 Å². The van der Waals surface area contributed by atoms with Crippen LogP contribution in [0, 0.1) is 25.7 Å². The van der Waals surface area contributed by atoms with E-state index in [4.69, 9.17) is 0 Å². The van der Waals surface area contributed by atoms with E-state index in [0.29, 0.717) is 17.9 Å². The number of imidazole rings is 1. The Kier molecular flexibility index (Phi) is 3.57. The van der Waals surface area contributed by atoms with Crippen LogP contribution in [0.15, 0.2) is 6.33 Å². The summed E-state index contributed by atoms with van der Waals surface area (Å²) in [6.07, 6.45) is 4.76. The standard InChI is InChI=1S/C14H24N2O/c1-9(2)13-6-5-12(17)7-14(13)16-8-15-10(3)11(16)4/h8-9,12-14,17H,5-7H2,1-4H3. The monoisotopic (exact) mass is 236 g/mol. The molecule has 3 atom stereocenters. The first-order valence-electron chi connectivity index (χ1n) is 6.68. The van der Waals surface area contributed by atoms with E-state index in [2.05, 4.69) is 37.2 Å². The second-order valence-corrected chi connectivity index (χ2v) is 5.76. The Balaban J connectivity index is 2.29. The van der Waals surface area contributed by atoms with Gasteiger partial charge < -0.3 is 9.67 Å². The lowest BCUT2D eigenvalue weighted by atomic mass is 9.76. The molecule has 1 saturated carbocycles. The summed E-state index contributed by atoms with van der Waals surface area (Å²) in [6.45, 7) is 8.75. The van der Waals surface area contributed by atoms with Gasteiger partial charge in [0, 0.05) is 11.7 Å². The molecular weight excluding hydrogens is 212 g/mol. The molecule has 1 fully saturated rings. The molecule has 0 saturated heterocycles. The van der Waals surface area contributed by atoms with Crippen molar-refractivity contribution in [1.29, 1.82) is 0 Å². The Morgan fingerprint density at radius 1 is 1.35 bits per heavy atom. The van der Waals surface area contributed by atoms with Crippen LogP contribution in [0.5, 0.6) is 0 Å². The molecule has 0 spiro atoms. The van der Waals surface area contributed by atoms with Gasteiger partial charge >= 0.3 is 0 Å². The van der Waals surface area contributed by atoms with Gasteiger partial charge in [0.15, 0.2) is 0 Å². The molecule has 0 radical (unpaired) electrons. The molecule has 1 heterocycles. The quantitative estimate of drug-likeness (QED) is 0.857. The van der Waals surface area contributed by atoms with E-state index in [1.165, 1.54) is 5.69 Å². The summed E-state index contributed by atoms with van der Waals surface area (Å²) in [7, 11) is 0. The van der Waals surface area contributed by atoms with Crippen LogP contribution in [0.1, 0.15) is 50.5 Å². The molecule has 1 aliphatic rings. The molecule has 1 aromatic rings. The van der Waals surface area contributed by atoms with Crippen LogP contribution >= 0.6 is 0 Å². The summed E-state index contributed by atoms with van der Waals surface area (Å²) in [5.74, 6) is 1.32. The lowest BCUT2D eigenvalue weighted by molar-refractivity contribution is 0.0561. The fourth-order valence-electron chi connectivity index (χ4n) is 3.10. The molecule has 2 rings (SSSR count). The molecule has 0 amide bonds. The van der Waals surface area contributed by atoms with E-state index in [9.17, 15) is 5.11 Å². The Morgan fingerprint density at radius 3 is 2.59 bits per heavy atom. The summed E-state index contributed by atoms with van der Waals surface area (Å²) in [5, 5.41) is 9.90. The number of hydrogen-bond acceptors (Lipinski definition) is 2. The number of nitrogens with zero attached hydrogens (tertiary/aromatic N) is 2. The average molecular weight is 236 g/mol. The minimum atomic E-state index is -0.142. The van der Waals surface area contributed by atoms with Gasteiger partial charge in [-0.1, -0.05) is 13.8 Å². The Hall–Kier alpha value is -0.830. The highest BCUT2D eigenvalue weighted by atomic mass is 16.3. The highest BCUT2D eigenvalue weighted by Crippen LogP contribution is 2.39. The number of rotatable bonds is 2. The van der Waals surface area contributed by atoms with Gasteiger partial charge in [-0.3, -0.25) is 0 Å². The van der Waals surface area contributed by atoms with Crippen molar-refractivity contribution >= 4 is 0 Å². The maximum Gasteiger partial charge on any atom is 0.0954 e. The van der Waals surface area contributed by atoms with E-state index >= 15 is 0 Å². The Bertz CT molecular complexity index is 384. The highest BCUT2D eigenvalue weighted by molar-refractivity contribution is 5.10. The summed E-state index contributed by atoms with van der Waals surface area (Å²) < 4.78 is 2.28. The van der Waals surface area contributed by atoms with Gasteiger partial charge in [0.1, 0.15) is 0 Å². The molecule has 3 unspecified atom stereocenters. The van der Waals surface area contributed by atoms with Crippen LogP contribution in [-0.4, -0.2) is 20.8 Å². The molecule has 1 aromatic heterocycles. The highest BCUT2D eigenvalue weighted by Gasteiger charge is 2.33. The number of hydrogen-bond donors (Lipinski definition) is 1. The predicted molar refractivity (Wildman–Crippen MR) is 68.9 cm³/mol. The molecule has 96 valence electrons. The molecule has 3 nitrogen and oxygen atoms in total. The third-order valence-electron chi connectivity index (χ3n) is 4.34. The van der Waals surface area contributed by atoms with Crippen LogP contribution < -0.4 is 0 Å². The van der Waals surface area contributed by atoms with Gasteiger partial charge in [-0.15, -0.1) is 0 Å². The summed E-state index contributed by atoms with van der Waals surface area (Å²) >= 11 is 0. The van der Waals surface area contributed by atoms with Crippen molar-refractivity contribution in [2.75, 3.05) is 0 Å². The number of aliphatic hydroxyl groups is 1. The van der Waals surface area contributed by atoms with Crippen molar-refractivity contribution in [3.05, 3.63) is 17.7 Å². The van der Waals surface area contributed by atoms with Crippen molar-refractivity contribution in [3.63, 3.8) is 0 Å². The van der Waals surface area contributed by atoms with E-state index < -0.39 is 0 Å². The fraction of sp³-hybridized carbons (Fsp3) is 0.786. The maximum atomic E-state index is 9.90.